The van der Waals surface area contributed by atoms with Gasteiger partial charge in [0.2, 0.25) is 0 Å². The van der Waals surface area contributed by atoms with Gasteiger partial charge in [-0.1, -0.05) is 19.1 Å². The molecule has 1 N–H and O–H groups in total. The lowest BCUT2D eigenvalue weighted by Crippen LogP contribution is -2.48. The van der Waals surface area contributed by atoms with Crippen LogP contribution in [0.2, 0.25) is 0 Å². The molecule has 0 spiro atoms. The maximum Gasteiger partial charge on any atom is 0.311 e. The van der Waals surface area contributed by atoms with Gasteiger partial charge in [-0.2, -0.15) is 0 Å². The summed E-state index contributed by atoms with van der Waals surface area (Å²) in [6, 6.07) is 8.51. The fourth-order valence-corrected chi connectivity index (χ4v) is 6.02. The van der Waals surface area contributed by atoms with Gasteiger partial charge in [-0.05, 0) is 91.9 Å². The number of ether oxygens (including phenoxy) is 1. The normalized spacial score (nSPS) is 33.5. The smallest absolute Gasteiger partial charge is 0.311 e. The summed E-state index contributed by atoms with van der Waals surface area (Å²) in [5.74, 6) is 3.24. The van der Waals surface area contributed by atoms with Crippen LogP contribution in [-0.2, 0) is 10.2 Å². The van der Waals surface area contributed by atoms with Crippen molar-refractivity contribution in [2.45, 2.75) is 63.7 Å². The molecule has 5 rings (SSSR count). The van der Waals surface area contributed by atoms with Gasteiger partial charge in [0.05, 0.1) is 0 Å². The topological polar surface area (TPSA) is 46.5 Å². The minimum atomic E-state index is -0.857. The maximum atomic E-state index is 11.0. The lowest BCUT2D eigenvalue weighted by Gasteiger charge is -2.57. The Balaban J connectivity index is 1.50. The number of carboxylic acid groups (broad SMARTS) is 1. The molecule has 4 bridgehead atoms. The molecule has 1 aromatic carbocycles. The van der Waals surface area contributed by atoms with E-state index in [2.05, 4.69) is 12.1 Å². The van der Waals surface area contributed by atoms with Crippen molar-refractivity contribution in [1.29, 1.82) is 0 Å². The first-order valence-corrected chi connectivity index (χ1v) is 9.75. The first kappa shape index (κ1) is 16.7. The summed E-state index contributed by atoms with van der Waals surface area (Å²) in [5.41, 5.74) is 1.87. The Morgan fingerprint density at radius 1 is 1.12 bits per heavy atom. The van der Waals surface area contributed by atoms with E-state index >= 15 is 0 Å². The molecule has 0 saturated heterocycles. The van der Waals surface area contributed by atoms with Crippen molar-refractivity contribution in [2.75, 3.05) is 0 Å². The van der Waals surface area contributed by atoms with E-state index in [4.69, 9.17) is 9.84 Å². The van der Waals surface area contributed by atoms with Crippen LogP contribution in [0.4, 0.5) is 0 Å². The van der Waals surface area contributed by atoms with Crippen LogP contribution in [0.15, 0.2) is 36.1 Å². The quantitative estimate of drug-likeness (QED) is 0.715. The molecule has 0 unspecified atom stereocenters. The van der Waals surface area contributed by atoms with Crippen molar-refractivity contribution >= 4 is 5.97 Å². The van der Waals surface area contributed by atoms with Crippen LogP contribution in [0.1, 0.15) is 63.9 Å². The van der Waals surface area contributed by atoms with Crippen LogP contribution < -0.4 is 4.74 Å². The molecule has 25 heavy (non-hydrogen) atoms. The second-order valence-electron chi connectivity index (χ2n) is 8.47. The number of allylic oxidation sites excluding steroid dienone is 1. The van der Waals surface area contributed by atoms with Crippen molar-refractivity contribution in [3.8, 4) is 5.75 Å². The second-order valence-corrected chi connectivity index (χ2v) is 8.47. The summed E-state index contributed by atoms with van der Waals surface area (Å²) in [7, 11) is 0. The van der Waals surface area contributed by atoms with Gasteiger partial charge >= 0.3 is 5.97 Å². The van der Waals surface area contributed by atoms with Crippen LogP contribution in [0.3, 0.4) is 0 Å². The summed E-state index contributed by atoms with van der Waals surface area (Å²) < 4.78 is 5.82. The standard InChI is InChI=1S/C22H28O3/c1-2-3-20(11-21(23)24)25-19-6-4-18(5-7-19)22-12-15-8-16(13-22)10-17(9-15)14-22/h3-7,15-17H,2,8-14H2,1H3,(H,23,24). The summed E-state index contributed by atoms with van der Waals surface area (Å²) >= 11 is 0. The average molecular weight is 340 g/mol. The van der Waals surface area contributed by atoms with Crippen LogP contribution in [0.25, 0.3) is 0 Å². The number of carboxylic acids is 1. The van der Waals surface area contributed by atoms with Gasteiger partial charge in [-0.15, -0.1) is 0 Å². The SMILES string of the molecule is CCC=C(CC(=O)O)Oc1ccc(C23CC4CC(CC(C4)C2)C3)cc1. The zero-order valence-electron chi connectivity index (χ0n) is 15.0. The molecule has 4 saturated carbocycles. The second kappa shape index (κ2) is 6.51. The van der Waals surface area contributed by atoms with E-state index in [-0.39, 0.29) is 6.42 Å². The van der Waals surface area contributed by atoms with Crippen molar-refractivity contribution in [3.63, 3.8) is 0 Å². The maximum absolute atomic E-state index is 11.0. The Morgan fingerprint density at radius 3 is 2.16 bits per heavy atom. The first-order valence-electron chi connectivity index (χ1n) is 9.75. The number of benzene rings is 1. The van der Waals surface area contributed by atoms with Crippen LogP contribution >= 0.6 is 0 Å². The van der Waals surface area contributed by atoms with Crippen molar-refractivity contribution in [3.05, 3.63) is 41.7 Å². The third kappa shape index (κ3) is 3.33. The molecular weight excluding hydrogens is 312 g/mol. The number of hydrogen-bond donors (Lipinski definition) is 1. The average Bonchev–Trinajstić information content (AvgIpc) is 2.54. The van der Waals surface area contributed by atoms with Gasteiger partial charge < -0.3 is 9.84 Å². The van der Waals surface area contributed by atoms with Crippen molar-refractivity contribution in [1.82, 2.24) is 0 Å². The van der Waals surface area contributed by atoms with Gasteiger partial charge in [0, 0.05) is 0 Å². The van der Waals surface area contributed by atoms with Gasteiger partial charge in [-0.3, -0.25) is 4.79 Å². The Hall–Kier alpha value is -1.77. The highest BCUT2D eigenvalue weighted by molar-refractivity contribution is 5.69. The number of rotatable bonds is 6. The monoisotopic (exact) mass is 340 g/mol. The lowest BCUT2D eigenvalue weighted by molar-refractivity contribution is -0.136. The molecule has 0 aromatic heterocycles. The van der Waals surface area contributed by atoms with Crippen LogP contribution in [0.5, 0.6) is 5.75 Å². The molecule has 0 radical (unpaired) electrons. The van der Waals surface area contributed by atoms with Crippen LogP contribution in [-0.4, -0.2) is 11.1 Å². The number of hydrogen-bond acceptors (Lipinski definition) is 2. The molecule has 4 fully saturated rings. The fourth-order valence-electron chi connectivity index (χ4n) is 6.02. The summed E-state index contributed by atoms with van der Waals surface area (Å²) in [6.07, 6.45) is 11.0. The zero-order chi connectivity index (χ0) is 17.4. The molecule has 0 atom stereocenters. The highest BCUT2D eigenvalue weighted by atomic mass is 16.5. The van der Waals surface area contributed by atoms with E-state index in [9.17, 15) is 4.79 Å². The minimum Gasteiger partial charge on any atom is -0.481 e. The van der Waals surface area contributed by atoms with Gasteiger partial charge in [0.15, 0.2) is 0 Å². The molecular formula is C22H28O3. The lowest BCUT2D eigenvalue weighted by atomic mass is 9.48. The van der Waals surface area contributed by atoms with Crippen molar-refractivity contribution < 1.29 is 14.6 Å². The number of aliphatic carboxylic acids is 1. The van der Waals surface area contributed by atoms with E-state index < -0.39 is 5.97 Å². The molecule has 4 aliphatic carbocycles. The van der Waals surface area contributed by atoms with E-state index in [1.807, 2.05) is 25.1 Å². The predicted octanol–water partition coefficient (Wildman–Crippen LogP) is 5.30. The van der Waals surface area contributed by atoms with Gasteiger partial charge in [-0.25, -0.2) is 0 Å². The first-order chi connectivity index (χ1) is 12.1. The third-order valence-electron chi connectivity index (χ3n) is 6.51. The van der Waals surface area contributed by atoms with E-state index in [1.165, 1.54) is 44.1 Å². The minimum absolute atomic E-state index is 0.0649. The van der Waals surface area contributed by atoms with Gasteiger partial charge in [0.25, 0.3) is 0 Å². The molecule has 0 aliphatic heterocycles. The molecule has 3 heteroatoms. The van der Waals surface area contributed by atoms with Crippen LogP contribution in [0, 0.1) is 17.8 Å². The molecule has 1 aromatic rings. The summed E-state index contributed by atoms with van der Waals surface area (Å²) in [4.78, 5) is 11.0. The summed E-state index contributed by atoms with van der Waals surface area (Å²) in [6.45, 7) is 1.99. The highest BCUT2D eigenvalue weighted by Gasteiger charge is 2.51. The predicted molar refractivity (Wildman–Crippen MR) is 97.5 cm³/mol. The zero-order valence-corrected chi connectivity index (χ0v) is 15.0. The Morgan fingerprint density at radius 2 is 1.68 bits per heavy atom. The molecule has 4 aliphatic rings. The number of carbonyl (C=O) groups is 1. The van der Waals surface area contributed by atoms with E-state index in [0.717, 1.165) is 29.9 Å². The van der Waals surface area contributed by atoms with E-state index in [1.54, 1.807) is 0 Å². The Labute approximate surface area is 150 Å². The highest BCUT2D eigenvalue weighted by Crippen LogP contribution is 2.60. The Kier molecular flexibility index (Phi) is 4.35. The van der Waals surface area contributed by atoms with Crippen molar-refractivity contribution in [2.24, 2.45) is 17.8 Å². The summed E-state index contributed by atoms with van der Waals surface area (Å²) in [5, 5.41) is 9.01. The van der Waals surface area contributed by atoms with E-state index in [0.29, 0.717) is 11.2 Å². The fraction of sp³-hybridized carbons (Fsp3) is 0.591. The third-order valence-corrected chi connectivity index (χ3v) is 6.51. The largest absolute Gasteiger partial charge is 0.481 e. The molecule has 0 amide bonds. The molecule has 0 heterocycles. The Bertz CT molecular complexity index is 636. The van der Waals surface area contributed by atoms with Gasteiger partial charge in [0.1, 0.15) is 17.9 Å². The molecule has 134 valence electrons. The molecule has 3 nitrogen and oxygen atoms in total.